The molecule has 1 aromatic heterocycles. The Hall–Kier alpha value is -0.880. The molecule has 1 aromatic rings. The Balaban J connectivity index is 0.00000312. The molecular formula is C18H29Cl2N3O2. The van der Waals surface area contributed by atoms with Gasteiger partial charge in [0, 0.05) is 18.8 Å². The Bertz CT molecular complexity index is 502. The number of quaternary nitrogens is 1. The highest BCUT2D eigenvalue weighted by Gasteiger charge is 2.30. The van der Waals surface area contributed by atoms with E-state index in [0.717, 1.165) is 56.9 Å². The number of rotatable bonds is 8. The van der Waals surface area contributed by atoms with Crippen LogP contribution in [0.4, 0.5) is 0 Å². The molecular weight excluding hydrogens is 361 g/mol. The summed E-state index contributed by atoms with van der Waals surface area (Å²) in [5, 5.41) is 0.617. The minimum Gasteiger partial charge on any atom is -1.00 e. The topological polar surface area (TPSA) is 46.9 Å². The highest BCUT2D eigenvalue weighted by molar-refractivity contribution is 6.30. The molecule has 2 heterocycles. The molecule has 1 aliphatic heterocycles. The zero-order valence-electron chi connectivity index (χ0n) is 15.1. The van der Waals surface area contributed by atoms with Gasteiger partial charge in [-0.2, -0.15) is 0 Å². The van der Waals surface area contributed by atoms with Gasteiger partial charge in [-0.25, -0.2) is 9.78 Å². The molecule has 7 heteroatoms. The zero-order valence-corrected chi connectivity index (χ0v) is 16.7. The molecule has 1 aliphatic rings. The van der Waals surface area contributed by atoms with Crippen molar-refractivity contribution in [2.45, 2.75) is 33.1 Å². The van der Waals surface area contributed by atoms with Crippen molar-refractivity contribution in [2.24, 2.45) is 5.92 Å². The fourth-order valence-electron chi connectivity index (χ4n) is 3.22. The van der Waals surface area contributed by atoms with Gasteiger partial charge >= 0.3 is 5.91 Å². The predicted molar refractivity (Wildman–Crippen MR) is 95.6 cm³/mol. The third-order valence-corrected chi connectivity index (χ3v) is 4.95. The number of ether oxygens (including phenoxy) is 1. The molecule has 0 spiro atoms. The molecule has 0 unspecified atom stereocenters. The van der Waals surface area contributed by atoms with E-state index in [9.17, 15) is 4.79 Å². The first-order chi connectivity index (χ1) is 11.6. The number of amides is 1. The average molecular weight is 390 g/mol. The van der Waals surface area contributed by atoms with Crippen LogP contribution in [0, 0.1) is 5.92 Å². The van der Waals surface area contributed by atoms with Crippen LogP contribution in [0.5, 0.6) is 5.88 Å². The Morgan fingerprint density at radius 3 is 2.56 bits per heavy atom. The maximum atomic E-state index is 12.4. The number of piperidine rings is 1. The van der Waals surface area contributed by atoms with E-state index in [4.69, 9.17) is 16.3 Å². The van der Waals surface area contributed by atoms with E-state index in [1.165, 1.54) is 0 Å². The second-order valence-electron chi connectivity index (χ2n) is 6.31. The zero-order chi connectivity index (χ0) is 17.4. The van der Waals surface area contributed by atoms with Gasteiger partial charge in [0.15, 0.2) is 0 Å². The normalized spacial score (nSPS) is 15.8. The molecule has 1 fully saturated rings. The summed E-state index contributed by atoms with van der Waals surface area (Å²) >= 11 is 5.80. The molecule has 5 nitrogen and oxygen atoms in total. The average Bonchev–Trinajstić information content (AvgIpc) is 2.62. The quantitative estimate of drug-likeness (QED) is 0.559. The van der Waals surface area contributed by atoms with Crippen LogP contribution in [0.3, 0.4) is 0 Å². The number of carbonyl (C=O) groups is 1. The van der Waals surface area contributed by atoms with Crippen LogP contribution < -0.4 is 22.0 Å². The predicted octanol–water partition coefficient (Wildman–Crippen LogP) is -1.33. The lowest BCUT2D eigenvalue weighted by atomic mass is 9.95. The molecule has 0 aromatic carbocycles. The minimum absolute atomic E-state index is 0. The molecule has 1 amide bonds. The van der Waals surface area contributed by atoms with Crippen molar-refractivity contribution < 1.29 is 26.8 Å². The first kappa shape index (κ1) is 22.2. The Kier molecular flexibility index (Phi) is 10.4. The number of nitrogens with zero attached hydrogens (tertiary/aromatic N) is 2. The molecule has 25 heavy (non-hydrogen) atoms. The summed E-state index contributed by atoms with van der Waals surface area (Å²) in [5.41, 5.74) is 0. The first-order valence-electron chi connectivity index (χ1n) is 8.99. The molecule has 0 aliphatic carbocycles. The van der Waals surface area contributed by atoms with Gasteiger partial charge in [-0.3, -0.25) is 4.90 Å². The van der Waals surface area contributed by atoms with E-state index in [2.05, 4.69) is 23.7 Å². The second kappa shape index (κ2) is 11.7. The van der Waals surface area contributed by atoms with E-state index in [0.29, 0.717) is 23.4 Å². The number of carbonyl (C=O) groups excluding carboxylic acids is 1. The van der Waals surface area contributed by atoms with E-state index in [1.54, 1.807) is 18.3 Å². The van der Waals surface area contributed by atoms with Gasteiger partial charge in [-0.15, -0.1) is 0 Å². The lowest BCUT2D eigenvalue weighted by Gasteiger charge is -2.31. The summed E-state index contributed by atoms with van der Waals surface area (Å²) in [6.07, 6.45) is 4.53. The third kappa shape index (κ3) is 7.10. The highest BCUT2D eigenvalue weighted by Crippen LogP contribution is 2.17. The summed E-state index contributed by atoms with van der Waals surface area (Å²) in [7, 11) is 0. The summed E-state index contributed by atoms with van der Waals surface area (Å²) < 4.78 is 5.62. The van der Waals surface area contributed by atoms with Crippen LogP contribution in [-0.4, -0.2) is 55.1 Å². The van der Waals surface area contributed by atoms with Crippen LogP contribution in [0.15, 0.2) is 18.3 Å². The van der Waals surface area contributed by atoms with Crippen molar-refractivity contribution in [1.29, 1.82) is 0 Å². The molecule has 2 rings (SSSR count). The lowest BCUT2D eigenvalue weighted by molar-refractivity contribution is -0.818. The van der Waals surface area contributed by atoms with Crippen molar-refractivity contribution in [3.63, 3.8) is 0 Å². The van der Waals surface area contributed by atoms with E-state index in [1.807, 2.05) is 0 Å². The molecule has 1 saturated heterocycles. The number of nitrogens with one attached hydrogen (secondary N) is 1. The smallest absolute Gasteiger partial charge is 0.315 e. The highest BCUT2D eigenvalue weighted by atomic mass is 35.5. The summed E-state index contributed by atoms with van der Waals surface area (Å²) in [5.74, 6) is 1.27. The molecule has 1 N–H and O–H groups in total. The largest absolute Gasteiger partial charge is 1.00 e. The lowest BCUT2D eigenvalue weighted by Crippen LogP contribution is -3.14. The van der Waals surface area contributed by atoms with Crippen LogP contribution in [0.25, 0.3) is 0 Å². The van der Waals surface area contributed by atoms with Gasteiger partial charge in [0.05, 0.1) is 30.6 Å². The number of hydrogen-bond donors (Lipinski definition) is 1. The number of halogens is 2. The first-order valence-corrected chi connectivity index (χ1v) is 9.37. The second-order valence-corrected chi connectivity index (χ2v) is 6.74. The van der Waals surface area contributed by atoms with E-state index >= 15 is 0 Å². The molecule has 0 atom stereocenters. The number of hydrogen-bond acceptors (Lipinski definition) is 4. The van der Waals surface area contributed by atoms with Gasteiger partial charge in [-0.05, 0) is 52.3 Å². The van der Waals surface area contributed by atoms with Gasteiger partial charge in [0.2, 0.25) is 5.88 Å². The van der Waals surface area contributed by atoms with Crippen LogP contribution in [0.1, 0.15) is 33.1 Å². The van der Waals surface area contributed by atoms with Crippen molar-refractivity contribution >= 4 is 17.5 Å². The molecule has 142 valence electrons. The van der Waals surface area contributed by atoms with Gasteiger partial charge in [0.1, 0.15) is 0 Å². The Morgan fingerprint density at radius 2 is 2.00 bits per heavy atom. The van der Waals surface area contributed by atoms with Crippen molar-refractivity contribution in [1.82, 2.24) is 9.88 Å². The van der Waals surface area contributed by atoms with E-state index in [-0.39, 0.29) is 18.3 Å². The minimum atomic E-state index is 0. The Labute approximate surface area is 162 Å². The number of aromatic nitrogens is 1. The van der Waals surface area contributed by atoms with Gasteiger partial charge in [0.25, 0.3) is 0 Å². The molecule has 0 saturated carbocycles. The van der Waals surface area contributed by atoms with Crippen molar-refractivity contribution in [2.75, 3.05) is 39.3 Å². The molecule has 0 bridgehead atoms. The van der Waals surface area contributed by atoms with Crippen molar-refractivity contribution in [3.8, 4) is 5.88 Å². The van der Waals surface area contributed by atoms with Gasteiger partial charge in [-0.1, -0.05) is 11.6 Å². The monoisotopic (exact) mass is 389 g/mol. The van der Waals surface area contributed by atoms with Crippen LogP contribution >= 0.6 is 11.6 Å². The maximum absolute atomic E-state index is 12.4. The maximum Gasteiger partial charge on any atom is 0.315 e. The molecule has 0 radical (unpaired) electrons. The summed E-state index contributed by atoms with van der Waals surface area (Å²) in [4.78, 5) is 20.1. The fraction of sp³-hybridized carbons (Fsp3) is 0.667. The number of likely N-dealkylation sites (tertiary alicyclic amines) is 1. The Morgan fingerprint density at radius 1 is 1.32 bits per heavy atom. The van der Waals surface area contributed by atoms with Crippen LogP contribution in [-0.2, 0) is 4.79 Å². The summed E-state index contributed by atoms with van der Waals surface area (Å²) in [6, 6.07) is 3.57. The van der Waals surface area contributed by atoms with E-state index < -0.39 is 0 Å². The number of pyridine rings is 1. The summed E-state index contributed by atoms with van der Waals surface area (Å²) in [6.45, 7) is 9.64. The third-order valence-electron chi connectivity index (χ3n) is 4.73. The fourth-order valence-corrected chi connectivity index (χ4v) is 3.33. The van der Waals surface area contributed by atoms with Crippen LogP contribution in [0.2, 0.25) is 5.02 Å². The standard InChI is InChI=1S/C18H28ClN3O2.ClH/c1-3-22(4-2)18(23)15-8-11-21(12-9-15)10-5-13-24-17-7-6-16(19)14-20-17;/h6-7,14-15H,3-5,8-13H2,1-2H3;1H. The van der Waals surface area contributed by atoms with Crippen molar-refractivity contribution in [3.05, 3.63) is 23.4 Å². The SMILES string of the molecule is CC[NH+](CC)C(=O)C1CCN(CCCOc2ccc(Cl)cn2)CC1.[Cl-]. The van der Waals surface area contributed by atoms with Gasteiger partial charge < -0.3 is 22.0 Å².